The first-order chi connectivity index (χ1) is 17.3. The Hall–Kier alpha value is -3.22. The molecule has 0 radical (unpaired) electrons. The van der Waals surface area contributed by atoms with Crippen LogP contribution in [0.15, 0.2) is 42.5 Å². The number of nitrogens with one attached hydrogen (secondary N) is 1. The number of hydrogen-bond acceptors (Lipinski definition) is 5. The smallest absolute Gasteiger partial charge is 0.226 e. The van der Waals surface area contributed by atoms with Crippen LogP contribution in [0.4, 0.5) is 0 Å². The lowest BCUT2D eigenvalue weighted by molar-refractivity contribution is -0.143. The molecule has 3 rings (SSSR count). The van der Waals surface area contributed by atoms with Gasteiger partial charge in [-0.05, 0) is 57.4 Å². The van der Waals surface area contributed by atoms with Crippen molar-refractivity contribution in [2.24, 2.45) is 5.92 Å². The van der Waals surface area contributed by atoms with Crippen molar-refractivity contribution in [2.45, 2.75) is 71.6 Å². The van der Waals surface area contributed by atoms with Gasteiger partial charge in [0.2, 0.25) is 11.8 Å². The van der Waals surface area contributed by atoms with Crippen LogP contribution >= 0.6 is 0 Å². The molecule has 1 aliphatic rings. The predicted octanol–water partition coefficient (Wildman–Crippen LogP) is 5.45. The van der Waals surface area contributed by atoms with Crippen molar-refractivity contribution < 1.29 is 23.8 Å². The second-order valence-electron chi connectivity index (χ2n) is 9.58. The summed E-state index contributed by atoms with van der Waals surface area (Å²) in [6, 6.07) is 12.8. The fourth-order valence-electron chi connectivity index (χ4n) is 4.82. The van der Waals surface area contributed by atoms with Crippen molar-refractivity contribution in [3.63, 3.8) is 0 Å². The minimum atomic E-state index is -0.385. The number of carbonyl (C=O) groups is 2. The third kappa shape index (κ3) is 6.31. The number of amides is 2. The molecule has 2 aromatic rings. The van der Waals surface area contributed by atoms with Crippen LogP contribution in [0.5, 0.6) is 17.2 Å². The minimum absolute atomic E-state index is 0.0263. The highest BCUT2D eigenvalue weighted by molar-refractivity contribution is 5.85. The topological polar surface area (TPSA) is 77.1 Å². The molecule has 2 amide bonds. The van der Waals surface area contributed by atoms with Crippen LogP contribution in [0.25, 0.3) is 0 Å². The summed E-state index contributed by atoms with van der Waals surface area (Å²) in [5, 5.41) is 3.19. The summed E-state index contributed by atoms with van der Waals surface area (Å²) in [7, 11) is 3.23. The van der Waals surface area contributed by atoms with E-state index in [2.05, 4.69) is 12.2 Å². The second kappa shape index (κ2) is 12.7. The van der Waals surface area contributed by atoms with Crippen LogP contribution in [0.1, 0.15) is 76.6 Å². The molecule has 2 aromatic carbocycles. The fourth-order valence-corrected chi connectivity index (χ4v) is 4.82. The number of nitrogens with zero attached hydrogens (tertiary/aromatic N) is 1. The number of carbonyl (C=O) groups excluding carboxylic acids is 2. The van der Waals surface area contributed by atoms with E-state index >= 15 is 0 Å². The molecule has 3 unspecified atom stereocenters. The van der Waals surface area contributed by atoms with E-state index in [1.807, 2.05) is 68.1 Å². The van der Waals surface area contributed by atoms with Crippen molar-refractivity contribution in [3.05, 3.63) is 53.6 Å². The number of hydrogen-bond donors (Lipinski definition) is 1. The van der Waals surface area contributed by atoms with E-state index in [9.17, 15) is 9.59 Å². The van der Waals surface area contributed by atoms with Crippen LogP contribution in [0, 0.1) is 5.92 Å². The van der Waals surface area contributed by atoms with Gasteiger partial charge >= 0.3 is 0 Å². The molecular weight excluding hydrogens is 456 g/mol. The third-order valence-corrected chi connectivity index (χ3v) is 6.66. The van der Waals surface area contributed by atoms with Gasteiger partial charge in [-0.3, -0.25) is 9.59 Å². The van der Waals surface area contributed by atoms with Crippen molar-refractivity contribution in [2.75, 3.05) is 20.8 Å². The van der Waals surface area contributed by atoms with Crippen molar-refractivity contribution >= 4 is 11.8 Å². The van der Waals surface area contributed by atoms with Gasteiger partial charge in [0.1, 0.15) is 5.75 Å². The van der Waals surface area contributed by atoms with Crippen molar-refractivity contribution in [1.82, 2.24) is 10.2 Å². The first-order valence-electron chi connectivity index (χ1n) is 12.9. The van der Waals surface area contributed by atoms with Gasteiger partial charge in [-0.15, -0.1) is 0 Å². The predicted molar refractivity (Wildman–Crippen MR) is 140 cm³/mol. The van der Waals surface area contributed by atoms with E-state index in [4.69, 9.17) is 14.2 Å². The molecule has 0 aromatic heterocycles. The molecule has 0 aliphatic carbocycles. The summed E-state index contributed by atoms with van der Waals surface area (Å²) < 4.78 is 17.0. The number of unbranched alkanes of at least 4 members (excludes halogenated alkanes) is 1. The number of benzene rings is 2. The third-order valence-electron chi connectivity index (χ3n) is 6.66. The molecule has 196 valence electrons. The Morgan fingerprint density at radius 3 is 2.44 bits per heavy atom. The molecule has 0 spiro atoms. The molecule has 7 heteroatoms. The Balaban J connectivity index is 1.88. The molecule has 1 saturated heterocycles. The van der Waals surface area contributed by atoms with Gasteiger partial charge in [0.25, 0.3) is 0 Å². The molecule has 0 saturated carbocycles. The zero-order valence-electron chi connectivity index (χ0n) is 22.4. The Bertz CT molecular complexity index is 1040. The highest BCUT2D eigenvalue weighted by atomic mass is 16.5. The molecule has 1 fully saturated rings. The Morgan fingerprint density at radius 2 is 1.78 bits per heavy atom. The van der Waals surface area contributed by atoms with Gasteiger partial charge in [0, 0.05) is 18.5 Å². The van der Waals surface area contributed by atoms with Gasteiger partial charge in [0.05, 0.1) is 38.3 Å². The van der Waals surface area contributed by atoms with Crippen LogP contribution in [0.3, 0.4) is 0 Å². The average Bonchev–Trinajstić information content (AvgIpc) is 2.87. The molecular formula is C29H40N2O5. The van der Waals surface area contributed by atoms with E-state index < -0.39 is 0 Å². The number of piperidine rings is 1. The average molecular weight is 497 g/mol. The number of rotatable bonds is 11. The zero-order valence-corrected chi connectivity index (χ0v) is 22.4. The molecule has 1 N–H and O–H groups in total. The highest BCUT2D eigenvalue weighted by Crippen LogP contribution is 2.41. The standard InChI is InChI=1S/C29H40N2O5/c1-7-8-17-31-27(32)16-14-23(28(31)22-11-9-10-12-24(22)34-5)29(33)30-20(4)21-13-15-25(36-19(2)3)26(18-21)35-6/h9-13,15,18-20,23,28H,7-8,14,16-17H2,1-6H3,(H,30,33). The van der Waals surface area contributed by atoms with Gasteiger partial charge in [0.15, 0.2) is 11.5 Å². The van der Waals surface area contributed by atoms with Gasteiger partial charge in [-0.25, -0.2) is 0 Å². The molecule has 3 atom stereocenters. The normalized spacial score (nSPS) is 18.6. The first kappa shape index (κ1) is 27.4. The minimum Gasteiger partial charge on any atom is -0.496 e. The van der Waals surface area contributed by atoms with Crippen molar-refractivity contribution in [3.8, 4) is 17.2 Å². The maximum absolute atomic E-state index is 13.7. The Kier molecular flexibility index (Phi) is 9.62. The summed E-state index contributed by atoms with van der Waals surface area (Å²) in [4.78, 5) is 28.6. The van der Waals surface area contributed by atoms with E-state index in [0.29, 0.717) is 36.6 Å². The molecule has 7 nitrogen and oxygen atoms in total. The highest BCUT2D eigenvalue weighted by Gasteiger charge is 2.41. The Labute approximate surface area is 215 Å². The first-order valence-corrected chi connectivity index (χ1v) is 12.9. The molecule has 0 bridgehead atoms. The monoisotopic (exact) mass is 496 g/mol. The van der Waals surface area contributed by atoms with Crippen molar-refractivity contribution in [1.29, 1.82) is 0 Å². The maximum Gasteiger partial charge on any atom is 0.226 e. The summed E-state index contributed by atoms with van der Waals surface area (Å²) in [6.07, 6.45) is 2.73. The van der Waals surface area contributed by atoms with E-state index in [0.717, 1.165) is 24.0 Å². The number of methoxy groups -OCH3 is 2. The summed E-state index contributed by atoms with van der Waals surface area (Å²) in [5.41, 5.74) is 1.79. The maximum atomic E-state index is 13.7. The van der Waals surface area contributed by atoms with Crippen LogP contribution < -0.4 is 19.5 Å². The fraction of sp³-hybridized carbons (Fsp3) is 0.517. The van der Waals surface area contributed by atoms with Gasteiger partial charge < -0.3 is 24.4 Å². The van der Waals surface area contributed by atoms with E-state index in [1.165, 1.54) is 0 Å². The molecule has 1 aliphatic heterocycles. The zero-order chi connectivity index (χ0) is 26.2. The molecule has 36 heavy (non-hydrogen) atoms. The van der Waals surface area contributed by atoms with E-state index in [-0.39, 0.29) is 35.9 Å². The number of para-hydroxylation sites is 1. The summed E-state index contributed by atoms with van der Waals surface area (Å²) in [6.45, 7) is 8.60. The lowest BCUT2D eigenvalue weighted by Crippen LogP contribution is -2.48. The van der Waals surface area contributed by atoms with E-state index in [1.54, 1.807) is 14.2 Å². The largest absolute Gasteiger partial charge is 0.496 e. The number of ether oxygens (including phenoxy) is 3. The van der Waals surface area contributed by atoms with Gasteiger partial charge in [-0.2, -0.15) is 0 Å². The number of likely N-dealkylation sites (tertiary alicyclic amines) is 1. The second-order valence-corrected chi connectivity index (χ2v) is 9.58. The summed E-state index contributed by atoms with van der Waals surface area (Å²) >= 11 is 0. The lowest BCUT2D eigenvalue weighted by Gasteiger charge is -2.41. The van der Waals surface area contributed by atoms with Crippen LogP contribution in [-0.4, -0.2) is 43.6 Å². The summed E-state index contributed by atoms with van der Waals surface area (Å²) in [5.74, 6) is 1.61. The quantitative estimate of drug-likeness (QED) is 0.448. The van der Waals surface area contributed by atoms with Crippen LogP contribution in [-0.2, 0) is 9.59 Å². The van der Waals surface area contributed by atoms with Gasteiger partial charge in [-0.1, -0.05) is 37.6 Å². The SMILES string of the molecule is CCCCN1C(=O)CCC(C(=O)NC(C)c2ccc(OC(C)C)c(OC)c2)C1c1ccccc1OC. The lowest BCUT2D eigenvalue weighted by atomic mass is 9.82. The molecule has 1 heterocycles. The Morgan fingerprint density at radius 1 is 1.06 bits per heavy atom. The van der Waals surface area contributed by atoms with Crippen LogP contribution in [0.2, 0.25) is 0 Å².